The van der Waals surface area contributed by atoms with Gasteiger partial charge in [0.15, 0.2) is 11.5 Å². The quantitative estimate of drug-likeness (QED) is 0.905. The monoisotopic (exact) mass is 280 g/mol. The molecule has 3 rings (SSSR count). The van der Waals surface area contributed by atoms with Crippen molar-refractivity contribution in [3.63, 3.8) is 0 Å². The van der Waals surface area contributed by atoms with Gasteiger partial charge >= 0.3 is 0 Å². The van der Waals surface area contributed by atoms with Crippen molar-refractivity contribution in [2.45, 2.75) is 25.1 Å². The third-order valence-electron chi connectivity index (χ3n) is 3.81. The molecule has 0 spiro atoms. The third-order valence-corrected chi connectivity index (χ3v) is 3.81. The molecule has 5 heteroatoms. The Labute approximate surface area is 118 Å². The zero-order chi connectivity index (χ0) is 13.9. The van der Waals surface area contributed by atoms with Gasteiger partial charge in [0.1, 0.15) is 19.4 Å². The highest BCUT2D eigenvalue weighted by Crippen LogP contribution is 2.31. The summed E-state index contributed by atoms with van der Waals surface area (Å²) in [5.41, 5.74) is 7.31. The van der Waals surface area contributed by atoms with Crippen molar-refractivity contribution in [2.24, 2.45) is 5.73 Å². The minimum absolute atomic E-state index is 0.0165. The third kappa shape index (κ3) is 3.22. The van der Waals surface area contributed by atoms with Crippen LogP contribution in [0.25, 0.3) is 0 Å². The van der Waals surface area contributed by atoms with Gasteiger partial charge in [-0.05, 0) is 30.5 Å². The molecule has 0 aliphatic carbocycles. The highest BCUT2D eigenvalue weighted by atomic mass is 19.1. The minimum Gasteiger partial charge on any atom is -0.486 e. The molecule has 0 radical (unpaired) electrons. The number of fused-ring (bicyclic) bond motifs is 1. The molecular weight excluding hydrogens is 259 g/mol. The lowest BCUT2D eigenvalue weighted by molar-refractivity contribution is 0.171. The van der Waals surface area contributed by atoms with Gasteiger partial charge in [0.25, 0.3) is 0 Å². The van der Waals surface area contributed by atoms with E-state index in [2.05, 4.69) is 4.90 Å². The molecule has 1 aromatic rings. The van der Waals surface area contributed by atoms with Crippen LogP contribution in [0.3, 0.4) is 0 Å². The van der Waals surface area contributed by atoms with Crippen molar-refractivity contribution >= 4 is 0 Å². The second-order valence-electron chi connectivity index (χ2n) is 5.59. The predicted molar refractivity (Wildman–Crippen MR) is 75.1 cm³/mol. The van der Waals surface area contributed by atoms with Crippen LogP contribution in [0.1, 0.15) is 12.0 Å². The van der Waals surface area contributed by atoms with Crippen molar-refractivity contribution in [3.05, 3.63) is 23.8 Å². The Hall–Kier alpha value is -1.33. The number of hydrogen-bond donors (Lipinski definition) is 1. The lowest BCUT2D eigenvalue weighted by Gasteiger charge is -2.22. The molecule has 0 amide bonds. The van der Waals surface area contributed by atoms with E-state index in [1.54, 1.807) is 0 Å². The SMILES string of the molecule is N[C@@H](Cc1ccc2c(c1)OCCO2)CN1CC[C@H](F)C1. The molecule has 0 saturated carbocycles. The van der Waals surface area contributed by atoms with E-state index in [-0.39, 0.29) is 6.04 Å². The normalized spacial score (nSPS) is 23.8. The maximum Gasteiger partial charge on any atom is 0.161 e. The topological polar surface area (TPSA) is 47.7 Å². The van der Waals surface area contributed by atoms with Gasteiger partial charge in [-0.3, -0.25) is 4.90 Å². The highest BCUT2D eigenvalue weighted by molar-refractivity contribution is 5.44. The molecule has 2 aliphatic heterocycles. The van der Waals surface area contributed by atoms with Gasteiger partial charge in [0.2, 0.25) is 0 Å². The summed E-state index contributed by atoms with van der Waals surface area (Å²) in [4.78, 5) is 2.10. The molecular formula is C15H21FN2O2. The average molecular weight is 280 g/mol. The van der Waals surface area contributed by atoms with Crippen LogP contribution in [0.4, 0.5) is 4.39 Å². The fourth-order valence-electron chi connectivity index (χ4n) is 2.86. The van der Waals surface area contributed by atoms with Crippen molar-refractivity contribution < 1.29 is 13.9 Å². The molecule has 0 aromatic heterocycles. The molecule has 2 atom stereocenters. The van der Waals surface area contributed by atoms with Crippen molar-refractivity contribution in [2.75, 3.05) is 32.8 Å². The fourth-order valence-corrected chi connectivity index (χ4v) is 2.86. The van der Waals surface area contributed by atoms with E-state index in [0.29, 0.717) is 26.2 Å². The zero-order valence-electron chi connectivity index (χ0n) is 11.6. The predicted octanol–water partition coefficient (Wildman–Crippen LogP) is 1.37. The van der Waals surface area contributed by atoms with Crippen LogP contribution in [-0.4, -0.2) is 50.0 Å². The summed E-state index contributed by atoms with van der Waals surface area (Å²) in [6, 6.07) is 5.97. The highest BCUT2D eigenvalue weighted by Gasteiger charge is 2.23. The van der Waals surface area contributed by atoms with Crippen LogP contribution in [0.5, 0.6) is 11.5 Å². The molecule has 0 unspecified atom stereocenters. The van der Waals surface area contributed by atoms with Crippen molar-refractivity contribution in [3.8, 4) is 11.5 Å². The second kappa shape index (κ2) is 5.97. The van der Waals surface area contributed by atoms with Gasteiger partial charge in [0.05, 0.1) is 0 Å². The van der Waals surface area contributed by atoms with E-state index in [1.807, 2.05) is 18.2 Å². The maximum atomic E-state index is 13.1. The Bertz CT molecular complexity index is 469. The Balaban J connectivity index is 1.57. The number of benzene rings is 1. The Kier molecular flexibility index (Phi) is 4.08. The van der Waals surface area contributed by atoms with Crippen molar-refractivity contribution in [1.29, 1.82) is 0 Å². The van der Waals surface area contributed by atoms with Gasteiger partial charge in [-0.15, -0.1) is 0 Å². The first-order chi connectivity index (χ1) is 9.70. The van der Waals surface area contributed by atoms with Crippen LogP contribution >= 0.6 is 0 Å². The molecule has 1 fully saturated rings. The summed E-state index contributed by atoms with van der Waals surface area (Å²) in [6.45, 7) is 3.28. The lowest BCUT2D eigenvalue weighted by Crippen LogP contribution is -2.37. The summed E-state index contributed by atoms with van der Waals surface area (Å²) >= 11 is 0. The molecule has 110 valence electrons. The van der Waals surface area contributed by atoms with Gasteiger partial charge < -0.3 is 15.2 Å². The van der Waals surface area contributed by atoms with Crippen LogP contribution in [0.2, 0.25) is 0 Å². The number of ether oxygens (including phenoxy) is 2. The number of likely N-dealkylation sites (tertiary alicyclic amines) is 1. The van der Waals surface area contributed by atoms with Crippen LogP contribution < -0.4 is 15.2 Å². The summed E-state index contributed by atoms with van der Waals surface area (Å²) in [6.07, 6.45) is 0.720. The molecule has 4 nitrogen and oxygen atoms in total. The molecule has 20 heavy (non-hydrogen) atoms. The fraction of sp³-hybridized carbons (Fsp3) is 0.600. The van der Waals surface area contributed by atoms with Gasteiger partial charge in [-0.2, -0.15) is 0 Å². The molecule has 2 N–H and O–H groups in total. The Morgan fingerprint density at radius 2 is 2.10 bits per heavy atom. The number of halogens is 1. The van der Waals surface area contributed by atoms with Gasteiger partial charge in [-0.25, -0.2) is 4.39 Å². The average Bonchev–Trinajstić information content (AvgIpc) is 2.83. The number of alkyl halides is 1. The molecule has 2 heterocycles. The minimum atomic E-state index is -0.684. The van der Waals surface area contributed by atoms with E-state index in [1.165, 1.54) is 0 Å². The number of nitrogens with two attached hydrogens (primary N) is 1. The van der Waals surface area contributed by atoms with E-state index >= 15 is 0 Å². The molecule has 1 aromatic carbocycles. The smallest absolute Gasteiger partial charge is 0.161 e. The van der Waals surface area contributed by atoms with Gasteiger partial charge in [-0.1, -0.05) is 6.07 Å². The van der Waals surface area contributed by atoms with Gasteiger partial charge in [0, 0.05) is 25.7 Å². The first kappa shape index (κ1) is 13.6. The second-order valence-corrected chi connectivity index (χ2v) is 5.59. The van der Waals surface area contributed by atoms with E-state index < -0.39 is 6.17 Å². The first-order valence-corrected chi connectivity index (χ1v) is 7.21. The van der Waals surface area contributed by atoms with Crippen LogP contribution in [0, 0.1) is 0 Å². The number of rotatable bonds is 4. The Morgan fingerprint density at radius 3 is 2.85 bits per heavy atom. The Morgan fingerprint density at radius 1 is 1.30 bits per heavy atom. The summed E-state index contributed by atoms with van der Waals surface area (Å²) in [7, 11) is 0. The molecule has 1 saturated heterocycles. The molecule has 0 bridgehead atoms. The van der Waals surface area contributed by atoms with E-state index in [0.717, 1.165) is 36.6 Å². The standard InChI is InChI=1S/C15H21FN2O2/c16-12-3-4-18(9-12)10-13(17)7-11-1-2-14-15(8-11)20-6-5-19-14/h1-2,8,12-13H,3-7,9-10,17H2/t12-,13-/m0/s1. The van der Waals surface area contributed by atoms with Crippen molar-refractivity contribution in [1.82, 2.24) is 4.90 Å². The van der Waals surface area contributed by atoms with Crippen LogP contribution in [0.15, 0.2) is 18.2 Å². The number of hydrogen-bond acceptors (Lipinski definition) is 4. The van der Waals surface area contributed by atoms with E-state index in [9.17, 15) is 4.39 Å². The summed E-state index contributed by atoms with van der Waals surface area (Å²) in [5, 5.41) is 0. The number of nitrogens with zero attached hydrogens (tertiary/aromatic N) is 1. The zero-order valence-corrected chi connectivity index (χ0v) is 11.6. The first-order valence-electron chi connectivity index (χ1n) is 7.21. The lowest BCUT2D eigenvalue weighted by atomic mass is 10.1. The maximum absolute atomic E-state index is 13.1. The van der Waals surface area contributed by atoms with Crippen LogP contribution in [-0.2, 0) is 6.42 Å². The van der Waals surface area contributed by atoms with E-state index in [4.69, 9.17) is 15.2 Å². The largest absolute Gasteiger partial charge is 0.486 e. The summed E-state index contributed by atoms with van der Waals surface area (Å²) in [5.74, 6) is 1.60. The summed E-state index contributed by atoms with van der Waals surface area (Å²) < 4.78 is 24.2. The molecule has 2 aliphatic rings.